The van der Waals surface area contributed by atoms with Crippen LogP contribution >= 0.6 is 0 Å². The summed E-state index contributed by atoms with van der Waals surface area (Å²) in [4.78, 5) is 4.73. The lowest BCUT2D eigenvalue weighted by Crippen LogP contribution is -2.31. The van der Waals surface area contributed by atoms with Crippen molar-refractivity contribution in [3.05, 3.63) is 29.8 Å². The van der Waals surface area contributed by atoms with Crippen molar-refractivity contribution in [1.82, 2.24) is 10.2 Å². The molecule has 21 heavy (non-hydrogen) atoms. The molecule has 2 unspecified atom stereocenters. The van der Waals surface area contributed by atoms with E-state index in [-0.39, 0.29) is 0 Å². The van der Waals surface area contributed by atoms with Crippen molar-refractivity contribution in [2.24, 2.45) is 5.92 Å². The van der Waals surface area contributed by atoms with Crippen molar-refractivity contribution in [2.45, 2.75) is 39.3 Å². The predicted molar refractivity (Wildman–Crippen MR) is 92.0 cm³/mol. The summed E-state index contributed by atoms with van der Waals surface area (Å²) in [7, 11) is 4.16. The number of benzene rings is 1. The second kappa shape index (κ2) is 7.28. The number of rotatable bonds is 6. The number of nitrogens with zero attached hydrogens (tertiary/aromatic N) is 2. The molecule has 1 fully saturated rings. The number of likely N-dealkylation sites (tertiary alicyclic amines) is 1. The first kappa shape index (κ1) is 16.3. The fourth-order valence-corrected chi connectivity index (χ4v) is 3.02. The summed E-state index contributed by atoms with van der Waals surface area (Å²) < 4.78 is 0. The third kappa shape index (κ3) is 4.45. The summed E-state index contributed by atoms with van der Waals surface area (Å²) in [5.74, 6) is 0.802. The van der Waals surface area contributed by atoms with Gasteiger partial charge in [0.25, 0.3) is 0 Å². The van der Waals surface area contributed by atoms with Gasteiger partial charge in [-0.3, -0.25) is 0 Å². The maximum Gasteiger partial charge on any atom is 0.0361 e. The molecule has 0 aliphatic carbocycles. The van der Waals surface area contributed by atoms with Gasteiger partial charge in [0, 0.05) is 38.4 Å². The molecule has 1 aromatic rings. The van der Waals surface area contributed by atoms with Gasteiger partial charge in [-0.2, -0.15) is 0 Å². The Morgan fingerprint density at radius 2 is 1.86 bits per heavy atom. The molecule has 0 spiro atoms. The van der Waals surface area contributed by atoms with Crippen LogP contribution in [0.25, 0.3) is 0 Å². The fourth-order valence-electron chi connectivity index (χ4n) is 3.02. The summed E-state index contributed by atoms with van der Waals surface area (Å²) in [6.07, 6.45) is 1.33. The molecule has 118 valence electrons. The van der Waals surface area contributed by atoms with Gasteiger partial charge in [0.2, 0.25) is 0 Å². The summed E-state index contributed by atoms with van der Waals surface area (Å²) in [5.41, 5.74) is 2.63. The van der Waals surface area contributed by atoms with E-state index in [2.05, 4.69) is 74.2 Å². The Hall–Kier alpha value is -1.06. The molecule has 0 radical (unpaired) electrons. The molecule has 1 heterocycles. The van der Waals surface area contributed by atoms with Crippen LogP contribution in [0.1, 0.15) is 38.8 Å². The molecule has 0 saturated carbocycles. The zero-order valence-corrected chi connectivity index (χ0v) is 14.3. The Morgan fingerprint density at radius 3 is 2.38 bits per heavy atom. The first-order chi connectivity index (χ1) is 9.97. The van der Waals surface area contributed by atoms with Gasteiger partial charge in [-0.05, 0) is 63.9 Å². The molecule has 2 rings (SSSR count). The minimum Gasteiger partial charge on any atom is -0.378 e. The molecule has 3 heteroatoms. The first-order valence-corrected chi connectivity index (χ1v) is 8.22. The molecule has 3 nitrogen and oxygen atoms in total. The van der Waals surface area contributed by atoms with Gasteiger partial charge in [0.05, 0.1) is 0 Å². The number of hydrogen-bond donors (Lipinski definition) is 1. The third-order valence-corrected chi connectivity index (χ3v) is 4.67. The van der Waals surface area contributed by atoms with Crippen LogP contribution < -0.4 is 10.2 Å². The van der Waals surface area contributed by atoms with Gasteiger partial charge < -0.3 is 15.1 Å². The van der Waals surface area contributed by atoms with Crippen molar-refractivity contribution in [3.8, 4) is 0 Å². The second-order valence-electron chi connectivity index (χ2n) is 6.86. The van der Waals surface area contributed by atoms with Crippen LogP contribution in [0.3, 0.4) is 0 Å². The lowest BCUT2D eigenvalue weighted by molar-refractivity contribution is 0.263. The number of anilines is 1. The molecule has 1 saturated heterocycles. The zero-order chi connectivity index (χ0) is 15.4. The molecule has 0 amide bonds. The predicted octanol–water partition coefficient (Wildman–Crippen LogP) is 3.13. The highest BCUT2D eigenvalue weighted by atomic mass is 15.2. The topological polar surface area (TPSA) is 18.5 Å². The SMILES string of the molecule is CC(NCC1CCN(C(C)C)C1)c1ccc(N(C)C)cc1. The van der Waals surface area contributed by atoms with Crippen molar-refractivity contribution in [2.75, 3.05) is 38.6 Å². The maximum absolute atomic E-state index is 3.71. The lowest BCUT2D eigenvalue weighted by Gasteiger charge is -2.21. The number of hydrogen-bond acceptors (Lipinski definition) is 3. The van der Waals surface area contributed by atoms with Gasteiger partial charge >= 0.3 is 0 Å². The highest BCUT2D eigenvalue weighted by molar-refractivity contribution is 5.46. The molecule has 2 atom stereocenters. The van der Waals surface area contributed by atoms with Crippen LogP contribution in [0, 0.1) is 5.92 Å². The van der Waals surface area contributed by atoms with Crippen LogP contribution in [-0.2, 0) is 0 Å². The van der Waals surface area contributed by atoms with E-state index in [4.69, 9.17) is 0 Å². The first-order valence-electron chi connectivity index (χ1n) is 8.22. The van der Waals surface area contributed by atoms with Gasteiger partial charge in [-0.25, -0.2) is 0 Å². The van der Waals surface area contributed by atoms with Crippen molar-refractivity contribution in [1.29, 1.82) is 0 Å². The molecule has 0 bridgehead atoms. The summed E-state index contributed by atoms with van der Waals surface area (Å²) in [6.45, 7) is 10.5. The Morgan fingerprint density at radius 1 is 1.19 bits per heavy atom. The standard InChI is InChI=1S/C18H31N3/c1-14(2)21-11-10-16(13-21)12-19-15(3)17-6-8-18(9-7-17)20(4)5/h6-9,14-16,19H,10-13H2,1-5H3. The van der Waals surface area contributed by atoms with Gasteiger partial charge in [-0.1, -0.05) is 12.1 Å². The van der Waals surface area contributed by atoms with Crippen LogP contribution in [0.15, 0.2) is 24.3 Å². The van der Waals surface area contributed by atoms with Crippen molar-refractivity contribution < 1.29 is 0 Å². The van der Waals surface area contributed by atoms with Gasteiger partial charge in [0.1, 0.15) is 0 Å². The molecule has 1 aromatic carbocycles. The summed E-state index contributed by atoms with van der Waals surface area (Å²) >= 11 is 0. The van der Waals surface area contributed by atoms with E-state index >= 15 is 0 Å². The second-order valence-corrected chi connectivity index (χ2v) is 6.86. The molecule has 1 aliphatic rings. The quantitative estimate of drug-likeness (QED) is 0.868. The van der Waals surface area contributed by atoms with Crippen LogP contribution in [0.5, 0.6) is 0 Å². The summed E-state index contributed by atoms with van der Waals surface area (Å²) in [5, 5.41) is 3.71. The minimum atomic E-state index is 0.425. The van der Waals surface area contributed by atoms with E-state index in [1.54, 1.807) is 0 Å². The van der Waals surface area contributed by atoms with Gasteiger partial charge in [-0.15, -0.1) is 0 Å². The normalized spacial score (nSPS) is 21.0. The Bertz CT molecular complexity index is 425. The van der Waals surface area contributed by atoms with Crippen LogP contribution in [-0.4, -0.2) is 44.7 Å². The smallest absolute Gasteiger partial charge is 0.0361 e. The fraction of sp³-hybridized carbons (Fsp3) is 0.667. The van der Waals surface area contributed by atoms with Crippen molar-refractivity contribution >= 4 is 5.69 Å². The Labute approximate surface area is 130 Å². The average molecular weight is 289 g/mol. The van der Waals surface area contributed by atoms with Crippen molar-refractivity contribution in [3.63, 3.8) is 0 Å². The Kier molecular flexibility index (Phi) is 5.65. The lowest BCUT2D eigenvalue weighted by atomic mass is 10.1. The van der Waals surface area contributed by atoms with Crippen LogP contribution in [0.2, 0.25) is 0 Å². The highest BCUT2D eigenvalue weighted by Crippen LogP contribution is 2.21. The average Bonchev–Trinajstić information content (AvgIpc) is 2.94. The van der Waals surface area contributed by atoms with Gasteiger partial charge in [0.15, 0.2) is 0 Å². The Balaban J connectivity index is 1.80. The zero-order valence-electron chi connectivity index (χ0n) is 14.3. The summed E-state index contributed by atoms with van der Waals surface area (Å²) in [6, 6.07) is 9.98. The minimum absolute atomic E-state index is 0.425. The third-order valence-electron chi connectivity index (χ3n) is 4.67. The molecule has 1 N–H and O–H groups in total. The largest absolute Gasteiger partial charge is 0.378 e. The molecule has 1 aliphatic heterocycles. The molecule has 0 aromatic heterocycles. The van der Waals surface area contributed by atoms with E-state index in [0.29, 0.717) is 12.1 Å². The van der Waals surface area contributed by atoms with E-state index < -0.39 is 0 Å². The number of nitrogens with one attached hydrogen (secondary N) is 1. The monoisotopic (exact) mass is 289 g/mol. The van der Waals surface area contributed by atoms with E-state index in [1.807, 2.05) is 0 Å². The molecular weight excluding hydrogens is 258 g/mol. The van der Waals surface area contributed by atoms with E-state index in [1.165, 1.54) is 30.8 Å². The van der Waals surface area contributed by atoms with Crippen LogP contribution in [0.4, 0.5) is 5.69 Å². The van der Waals surface area contributed by atoms with E-state index in [0.717, 1.165) is 12.5 Å². The maximum atomic E-state index is 3.71. The highest BCUT2D eigenvalue weighted by Gasteiger charge is 2.24. The molecular formula is C18H31N3. The van der Waals surface area contributed by atoms with E-state index in [9.17, 15) is 0 Å².